The maximum atomic E-state index is 13.6. The molecule has 28 heavy (non-hydrogen) atoms. The number of nitrogens with zero attached hydrogens (tertiary/aromatic N) is 1. The van der Waals surface area contributed by atoms with Crippen LogP contribution >= 0.6 is 0 Å². The largest absolute Gasteiger partial charge is 0.359 e. The lowest BCUT2D eigenvalue weighted by Gasteiger charge is -2.34. The molecule has 0 radical (unpaired) electrons. The van der Waals surface area contributed by atoms with Gasteiger partial charge in [0, 0.05) is 17.7 Å². The molecule has 3 fully saturated rings. The summed E-state index contributed by atoms with van der Waals surface area (Å²) in [5.41, 5.74) is 2.86. The number of hydrogen-bond donors (Lipinski definition) is 0. The molecule has 2 aromatic rings. The lowest BCUT2D eigenvalue weighted by molar-refractivity contribution is -0.164. The Morgan fingerprint density at radius 3 is 2.68 bits per heavy atom. The first-order valence-electron chi connectivity index (χ1n) is 9.68. The van der Waals surface area contributed by atoms with Gasteiger partial charge in [-0.15, -0.1) is 0 Å². The fourth-order valence-corrected chi connectivity index (χ4v) is 5.39. The highest BCUT2D eigenvalue weighted by atomic mass is 16.7. The number of carbonyl (C=O) groups is 2. The molecular formula is C23H19NO4. The van der Waals surface area contributed by atoms with Gasteiger partial charge in [-0.05, 0) is 17.2 Å². The van der Waals surface area contributed by atoms with Crippen molar-refractivity contribution in [1.82, 2.24) is 4.90 Å². The van der Waals surface area contributed by atoms with Crippen LogP contribution in [0, 0.1) is 11.8 Å². The monoisotopic (exact) mass is 373 g/mol. The van der Waals surface area contributed by atoms with Gasteiger partial charge in [-0.1, -0.05) is 54.6 Å². The molecule has 6 atom stereocenters. The minimum atomic E-state index is -0.795. The maximum absolute atomic E-state index is 13.6. The Bertz CT molecular complexity index is 1000. The van der Waals surface area contributed by atoms with Crippen molar-refractivity contribution in [2.24, 2.45) is 11.8 Å². The van der Waals surface area contributed by atoms with Crippen molar-refractivity contribution in [3.05, 3.63) is 77.5 Å². The average molecular weight is 373 g/mol. The summed E-state index contributed by atoms with van der Waals surface area (Å²) in [5, 5.41) is 0. The van der Waals surface area contributed by atoms with Crippen LogP contribution in [0.2, 0.25) is 0 Å². The third kappa shape index (κ3) is 2.09. The zero-order chi connectivity index (χ0) is 18.8. The Hall–Kier alpha value is -2.76. The zero-order valence-electron chi connectivity index (χ0n) is 15.1. The van der Waals surface area contributed by atoms with Crippen LogP contribution < -0.4 is 0 Å². The summed E-state index contributed by atoms with van der Waals surface area (Å²) in [5.74, 6) is -0.541. The number of ketones is 2. The molecule has 5 nitrogen and oxygen atoms in total. The molecular weight excluding hydrogens is 354 g/mol. The smallest absolute Gasteiger partial charge is 0.218 e. The fraction of sp³-hybridized carbons (Fsp3) is 0.304. The molecule has 0 aromatic heterocycles. The highest BCUT2D eigenvalue weighted by Crippen LogP contribution is 2.54. The fourth-order valence-electron chi connectivity index (χ4n) is 5.39. The molecule has 0 saturated carbocycles. The Morgan fingerprint density at radius 2 is 1.82 bits per heavy atom. The third-order valence-electron chi connectivity index (χ3n) is 6.53. The lowest BCUT2D eigenvalue weighted by Crippen LogP contribution is -2.48. The number of carbonyl (C=O) groups excluding carboxylic acids is 2. The van der Waals surface area contributed by atoms with Gasteiger partial charge < -0.3 is 14.4 Å². The molecule has 0 amide bonds. The molecule has 4 heterocycles. The molecule has 0 N–H and O–H groups in total. The van der Waals surface area contributed by atoms with Crippen LogP contribution in [0.4, 0.5) is 0 Å². The van der Waals surface area contributed by atoms with Gasteiger partial charge >= 0.3 is 0 Å². The normalized spacial score (nSPS) is 34.7. The Balaban J connectivity index is 1.52. The summed E-state index contributed by atoms with van der Waals surface area (Å²) in [6.45, 7) is 0.363. The van der Waals surface area contributed by atoms with Crippen LogP contribution in [-0.4, -0.2) is 41.5 Å². The summed E-state index contributed by atoms with van der Waals surface area (Å²) in [4.78, 5) is 28.9. The van der Waals surface area contributed by atoms with E-state index in [1.54, 1.807) is 0 Å². The topological polar surface area (TPSA) is 55.8 Å². The van der Waals surface area contributed by atoms with Crippen LogP contribution in [0.15, 0.2) is 60.8 Å². The summed E-state index contributed by atoms with van der Waals surface area (Å²) in [6, 6.07) is 16.8. The van der Waals surface area contributed by atoms with E-state index in [1.807, 2.05) is 54.7 Å². The molecule has 6 rings (SSSR count). The molecule has 4 aliphatic rings. The van der Waals surface area contributed by atoms with Gasteiger partial charge in [-0.25, -0.2) is 0 Å². The van der Waals surface area contributed by atoms with Crippen molar-refractivity contribution < 1.29 is 19.1 Å². The van der Waals surface area contributed by atoms with Gasteiger partial charge in [0.1, 0.15) is 0 Å². The van der Waals surface area contributed by atoms with Crippen LogP contribution in [-0.2, 0) is 14.3 Å². The summed E-state index contributed by atoms with van der Waals surface area (Å²) < 4.78 is 11.5. The van der Waals surface area contributed by atoms with Gasteiger partial charge in [-0.3, -0.25) is 9.59 Å². The van der Waals surface area contributed by atoms with E-state index in [4.69, 9.17) is 9.47 Å². The van der Waals surface area contributed by atoms with E-state index in [0.717, 1.165) is 11.1 Å². The number of rotatable bonds is 2. The molecule has 3 saturated heterocycles. The van der Waals surface area contributed by atoms with Crippen LogP contribution in [0.1, 0.15) is 27.5 Å². The van der Waals surface area contributed by atoms with Crippen molar-refractivity contribution in [2.75, 3.05) is 6.61 Å². The molecule has 4 aliphatic heterocycles. The maximum Gasteiger partial charge on any atom is 0.218 e. The first-order chi connectivity index (χ1) is 13.7. The highest BCUT2D eigenvalue weighted by molar-refractivity contribution is 6.02. The highest BCUT2D eigenvalue weighted by Gasteiger charge is 2.63. The van der Waals surface area contributed by atoms with E-state index in [-0.39, 0.29) is 35.5 Å². The first-order valence-corrected chi connectivity index (χ1v) is 9.68. The molecule has 5 heteroatoms. The molecule has 0 unspecified atom stereocenters. The third-order valence-corrected chi connectivity index (χ3v) is 6.53. The van der Waals surface area contributed by atoms with Crippen LogP contribution in [0.3, 0.4) is 0 Å². The lowest BCUT2D eigenvalue weighted by atomic mass is 9.75. The van der Waals surface area contributed by atoms with Gasteiger partial charge in [0.05, 0.1) is 30.7 Å². The van der Waals surface area contributed by atoms with Crippen LogP contribution in [0.5, 0.6) is 0 Å². The second-order valence-electron chi connectivity index (χ2n) is 7.86. The van der Waals surface area contributed by atoms with Crippen LogP contribution in [0.25, 0.3) is 6.08 Å². The average Bonchev–Trinajstić information content (AvgIpc) is 3.33. The van der Waals surface area contributed by atoms with Crippen molar-refractivity contribution in [3.8, 4) is 0 Å². The number of benzene rings is 2. The van der Waals surface area contributed by atoms with Crippen molar-refractivity contribution in [3.63, 3.8) is 0 Å². The van der Waals surface area contributed by atoms with Crippen molar-refractivity contribution >= 4 is 17.6 Å². The quantitative estimate of drug-likeness (QED) is 0.758. The molecule has 0 spiro atoms. The molecule has 0 aliphatic carbocycles. The summed E-state index contributed by atoms with van der Waals surface area (Å²) in [7, 11) is 0. The van der Waals surface area contributed by atoms with Crippen molar-refractivity contribution in [2.45, 2.75) is 24.5 Å². The number of Topliss-reactive ketones (excluding diaryl/α,β-unsaturated/α-hetero) is 2. The minimum Gasteiger partial charge on any atom is -0.359 e. The zero-order valence-corrected chi connectivity index (χ0v) is 15.1. The number of hydrogen-bond acceptors (Lipinski definition) is 5. The second-order valence-corrected chi connectivity index (χ2v) is 7.86. The predicted molar refractivity (Wildman–Crippen MR) is 101 cm³/mol. The summed E-state index contributed by atoms with van der Waals surface area (Å²) in [6.07, 6.45) is 2.99. The standard InChI is InChI=1S/C23H19NO4/c25-21(14-7-2-1-3-8-14)20-17-16-12-27-23(28-16)22(26)18(17)19-15-9-5-4-6-13(15)10-11-24(19)20/h1-11,16-20,23H,12H2/t16-,17-,18-,19-,20+,23+/m1/s1. The number of fused-ring (bicyclic) bond motifs is 8. The first kappa shape index (κ1) is 16.2. The van der Waals surface area contributed by atoms with Crippen molar-refractivity contribution in [1.29, 1.82) is 0 Å². The van der Waals surface area contributed by atoms with E-state index in [0.29, 0.717) is 12.2 Å². The predicted octanol–water partition coefficient (Wildman–Crippen LogP) is 2.84. The van der Waals surface area contributed by atoms with E-state index in [1.165, 1.54) is 0 Å². The molecule has 2 aromatic carbocycles. The summed E-state index contributed by atoms with van der Waals surface area (Å²) >= 11 is 0. The van der Waals surface area contributed by atoms with E-state index in [9.17, 15) is 9.59 Å². The van der Waals surface area contributed by atoms with E-state index in [2.05, 4.69) is 17.0 Å². The minimum absolute atomic E-state index is 0.0314. The molecule has 2 bridgehead atoms. The van der Waals surface area contributed by atoms with Gasteiger partial charge in [0.15, 0.2) is 11.6 Å². The molecule has 140 valence electrons. The van der Waals surface area contributed by atoms with Gasteiger partial charge in [0.25, 0.3) is 0 Å². The Kier molecular flexibility index (Phi) is 3.40. The van der Waals surface area contributed by atoms with E-state index < -0.39 is 12.3 Å². The Labute approximate surface area is 162 Å². The SMILES string of the molecule is O=C1[C@H]2OC[C@@H](O2)[C@@H]2[C@@H]1[C@H]1c3ccccc3C=CN1[C@@H]2C(=O)c1ccccc1. The Morgan fingerprint density at radius 1 is 1.04 bits per heavy atom. The second kappa shape index (κ2) is 5.87. The van der Waals surface area contributed by atoms with E-state index >= 15 is 0 Å². The number of ether oxygens (including phenoxy) is 2. The van der Waals surface area contributed by atoms with Gasteiger partial charge in [-0.2, -0.15) is 0 Å². The van der Waals surface area contributed by atoms with Gasteiger partial charge in [0.2, 0.25) is 6.29 Å².